The Hall–Kier alpha value is -0.930. The van der Waals surface area contributed by atoms with Crippen LogP contribution in [-0.4, -0.2) is 18.2 Å². The Morgan fingerprint density at radius 1 is 1.47 bits per heavy atom. The summed E-state index contributed by atoms with van der Waals surface area (Å²) in [6.45, 7) is 5.03. The standard InChI is InChI=1S/C12H18FNO/c1-3-7-14-9-12(2,15)10-5-4-6-11(13)8-10/h4-6,8,14-15H,3,7,9H2,1-2H3. The fourth-order valence-electron chi connectivity index (χ4n) is 1.43. The van der Waals surface area contributed by atoms with E-state index in [4.69, 9.17) is 0 Å². The molecule has 0 saturated carbocycles. The maximum absolute atomic E-state index is 13.0. The van der Waals surface area contributed by atoms with E-state index in [1.54, 1.807) is 19.1 Å². The molecule has 0 fully saturated rings. The summed E-state index contributed by atoms with van der Waals surface area (Å²) in [5.41, 5.74) is -0.414. The van der Waals surface area contributed by atoms with Crippen molar-refractivity contribution in [3.05, 3.63) is 35.6 Å². The third kappa shape index (κ3) is 3.61. The van der Waals surface area contributed by atoms with Gasteiger partial charge in [-0.15, -0.1) is 0 Å². The van der Waals surface area contributed by atoms with Crippen LogP contribution in [0.25, 0.3) is 0 Å². The van der Waals surface area contributed by atoms with Gasteiger partial charge in [0.25, 0.3) is 0 Å². The first-order chi connectivity index (χ1) is 7.06. The minimum absolute atomic E-state index is 0.316. The van der Waals surface area contributed by atoms with Crippen LogP contribution < -0.4 is 5.32 Å². The van der Waals surface area contributed by atoms with Gasteiger partial charge in [0.15, 0.2) is 0 Å². The third-order valence-corrected chi connectivity index (χ3v) is 2.34. The van der Waals surface area contributed by atoms with Gasteiger partial charge in [0.1, 0.15) is 5.82 Å². The molecule has 0 radical (unpaired) electrons. The van der Waals surface area contributed by atoms with Gasteiger partial charge < -0.3 is 10.4 Å². The monoisotopic (exact) mass is 211 g/mol. The van der Waals surface area contributed by atoms with Gasteiger partial charge in [-0.1, -0.05) is 19.1 Å². The first-order valence-electron chi connectivity index (χ1n) is 5.25. The van der Waals surface area contributed by atoms with Gasteiger partial charge in [-0.3, -0.25) is 0 Å². The van der Waals surface area contributed by atoms with E-state index in [0.29, 0.717) is 12.1 Å². The predicted octanol–water partition coefficient (Wildman–Crippen LogP) is 2.03. The summed E-state index contributed by atoms with van der Waals surface area (Å²) in [6.07, 6.45) is 1.01. The zero-order valence-electron chi connectivity index (χ0n) is 9.26. The Bertz CT molecular complexity index is 312. The van der Waals surface area contributed by atoms with Gasteiger partial charge in [0.2, 0.25) is 0 Å². The lowest BCUT2D eigenvalue weighted by molar-refractivity contribution is 0.0569. The van der Waals surface area contributed by atoms with Crippen LogP contribution in [-0.2, 0) is 5.60 Å². The second-order valence-electron chi connectivity index (χ2n) is 3.96. The quantitative estimate of drug-likeness (QED) is 0.730. The molecule has 84 valence electrons. The minimum Gasteiger partial charge on any atom is -0.384 e. The largest absolute Gasteiger partial charge is 0.384 e. The molecule has 0 heterocycles. The highest BCUT2D eigenvalue weighted by Gasteiger charge is 2.22. The molecule has 0 bridgehead atoms. The lowest BCUT2D eigenvalue weighted by Gasteiger charge is -2.24. The fraction of sp³-hybridized carbons (Fsp3) is 0.500. The molecule has 0 aliphatic carbocycles. The van der Waals surface area contributed by atoms with Crippen LogP contribution in [0.2, 0.25) is 0 Å². The maximum atomic E-state index is 13.0. The Morgan fingerprint density at radius 3 is 2.80 bits per heavy atom. The minimum atomic E-state index is -1.02. The van der Waals surface area contributed by atoms with Gasteiger partial charge in [-0.25, -0.2) is 4.39 Å². The molecule has 0 amide bonds. The average Bonchev–Trinajstić information content (AvgIpc) is 2.18. The molecular formula is C12H18FNO. The van der Waals surface area contributed by atoms with Crippen molar-refractivity contribution in [2.75, 3.05) is 13.1 Å². The molecule has 0 spiro atoms. The fourth-order valence-corrected chi connectivity index (χ4v) is 1.43. The van der Waals surface area contributed by atoms with E-state index < -0.39 is 5.60 Å². The van der Waals surface area contributed by atoms with Crippen molar-refractivity contribution in [3.8, 4) is 0 Å². The molecule has 3 heteroatoms. The second-order valence-corrected chi connectivity index (χ2v) is 3.96. The lowest BCUT2D eigenvalue weighted by atomic mass is 9.96. The molecule has 1 aromatic rings. The first kappa shape index (κ1) is 12.1. The van der Waals surface area contributed by atoms with Crippen molar-refractivity contribution in [1.29, 1.82) is 0 Å². The highest BCUT2D eigenvalue weighted by Crippen LogP contribution is 2.20. The highest BCUT2D eigenvalue weighted by atomic mass is 19.1. The summed E-state index contributed by atoms with van der Waals surface area (Å²) in [4.78, 5) is 0. The van der Waals surface area contributed by atoms with Crippen LogP contribution in [0.3, 0.4) is 0 Å². The molecule has 1 unspecified atom stereocenters. The van der Waals surface area contributed by atoms with E-state index in [0.717, 1.165) is 13.0 Å². The van der Waals surface area contributed by atoms with Gasteiger partial charge in [-0.2, -0.15) is 0 Å². The zero-order valence-corrected chi connectivity index (χ0v) is 9.26. The van der Waals surface area contributed by atoms with Crippen LogP contribution in [0.4, 0.5) is 4.39 Å². The van der Waals surface area contributed by atoms with E-state index in [2.05, 4.69) is 12.2 Å². The Balaban J connectivity index is 2.67. The molecule has 0 saturated heterocycles. The number of aliphatic hydroxyl groups is 1. The van der Waals surface area contributed by atoms with E-state index in [1.165, 1.54) is 12.1 Å². The number of nitrogens with one attached hydrogen (secondary N) is 1. The normalized spacial score (nSPS) is 14.9. The molecule has 2 nitrogen and oxygen atoms in total. The van der Waals surface area contributed by atoms with Gasteiger partial charge in [0.05, 0.1) is 5.60 Å². The number of benzene rings is 1. The van der Waals surface area contributed by atoms with E-state index in [9.17, 15) is 9.50 Å². The SMILES string of the molecule is CCCNCC(C)(O)c1cccc(F)c1. The Morgan fingerprint density at radius 2 is 2.20 bits per heavy atom. The summed E-state index contributed by atoms with van der Waals surface area (Å²) >= 11 is 0. The zero-order chi connectivity index (χ0) is 11.3. The molecule has 15 heavy (non-hydrogen) atoms. The number of hydrogen-bond acceptors (Lipinski definition) is 2. The number of halogens is 1. The molecule has 1 aromatic carbocycles. The van der Waals surface area contributed by atoms with Gasteiger partial charge >= 0.3 is 0 Å². The predicted molar refractivity (Wildman–Crippen MR) is 59.1 cm³/mol. The lowest BCUT2D eigenvalue weighted by Crippen LogP contribution is -2.35. The molecular weight excluding hydrogens is 193 g/mol. The first-order valence-corrected chi connectivity index (χ1v) is 5.25. The van der Waals surface area contributed by atoms with Crippen molar-refractivity contribution < 1.29 is 9.50 Å². The van der Waals surface area contributed by atoms with E-state index in [-0.39, 0.29) is 5.82 Å². The molecule has 1 atom stereocenters. The van der Waals surface area contributed by atoms with Crippen molar-refractivity contribution >= 4 is 0 Å². The molecule has 0 aliphatic heterocycles. The Labute approximate surface area is 90.1 Å². The summed E-state index contributed by atoms with van der Waals surface area (Å²) < 4.78 is 13.0. The van der Waals surface area contributed by atoms with E-state index >= 15 is 0 Å². The average molecular weight is 211 g/mol. The van der Waals surface area contributed by atoms with Crippen molar-refractivity contribution in [3.63, 3.8) is 0 Å². The van der Waals surface area contributed by atoms with Crippen LogP contribution >= 0.6 is 0 Å². The highest BCUT2D eigenvalue weighted by molar-refractivity contribution is 5.22. The molecule has 0 aromatic heterocycles. The van der Waals surface area contributed by atoms with Crippen molar-refractivity contribution in [1.82, 2.24) is 5.32 Å². The van der Waals surface area contributed by atoms with Crippen LogP contribution in [0.1, 0.15) is 25.8 Å². The van der Waals surface area contributed by atoms with Crippen LogP contribution in [0, 0.1) is 5.82 Å². The smallest absolute Gasteiger partial charge is 0.123 e. The van der Waals surface area contributed by atoms with Crippen LogP contribution in [0.15, 0.2) is 24.3 Å². The summed E-state index contributed by atoms with van der Waals surface area (Å²) in [7, 11) is 0. The van der Waals surface area contributed by atoms with E-state index in [1.807, 2.05) is 0 Å². The Kier molecular flexibility index (Phi) is 4.24. The number of rotatable bonds is 5. The third-order valence-electron chi connectivity index (χ3n) is 2.34. The molecule has 2 N–H and O–H groups in total. The van der Waals surface area contributed by atoms with Gasteiger partial charge in [-0.05, 0) is 37.6 Å². The van der Waals surface area contributed by atoms with Crippen LogP contribution in [0.5, 0.6) is 0 Å². The van der Waals surface area contributed by atoms with Crippen molar-refractivity contribution in [2.24, 2.45) is 0 Å². The molecule has 0 aliphatic rings. The topological polar surface area (TPSA) is 32.3 Å². The summed E-state index contributed by atoms with van der Waals surface area (Å²) in [6, 6.07) is 6.09. The molecule has 1 rings (SSSR count). The van der Waals surface area contributed by atoms with Gasteiger partial charge in [0, 0.05) is 6.54 Å². The maximum Gasteiger partial charge on any atom is 0.123 e. The summed E-state index contributed by atoms with van der Waals surface area (Å²) in [5.74, 6) is -0.316. The van der Waals surface area contributed by atoms with Crippen molar-refractivity contribution in [2.45, 2.75) is 25.9 Å². The number of hydrogen-bond donors (Lipinski definition) is 2. The second kappa shape index (κ2) is 5.24. The summed E-state index contributed by atoms with van der Waals surface area (Å²) in [5, 5.41) is 13.2.